The van der Waals surface area contributed by atoms with Crippen molar-refractivity contribution in [2.45, 2.75) is 58.5 Å². The largest absolute Gasteiger partial charge is 0.383 e. The molecule has 1 aromatic carbocycles. The lowest BCUT2D eigenvalue weighted by atomic mass is 9.93. The molecule has 1 aliphatic heterocycles. The van der Waals surface area contributed by atoms with E-state index in [1.54, 1.807) is 0 Å². The molecule has 10 heteroatoms. The van der Waals surface area contributed by atoms with Gasteiger partial charge in [0, 0.05) is 19.5 Å². The van der Waals surface area contributed by atoms with E-state index in [9.17, 15) is 19.2 Å². The number of H-pyrrole nitrogens is 1. The van der Waals surface area contributed by atoms with Gasteiger partial charge in [-0.3, -0.25) is 33.7 Å². The Hall–Kier alpha value is -3.40. The van der Waals surface area contributed by atoms with E-state index in [0.717, 1.165) is 31.4 Å². The van der Waals surface area contributed by atoms with Crippen molar-refractivity contribution < 1.29 is 9.59 Å². The van der Waals surface area contributed by atoms with Gasteiger partial charge in [0.2, 0.25) is 11.8 Å². The van der Waals surface area contributed by atoms with E-state index in [4.69, 9.17) is 11.5 Å². The Morgan fingerprint density at radius 2 is 1.94 bits per heavy atom. The van der Waals surface area contributed by atoms with Crippen molar-refractivity contribution in [3.63, 3.8) is 0 Å². The van der Waals surface area contributed by atoms with Crippen molar-refractivity contribution >= 4 is 23.3 Å². The molecule has 1 aliphatic rings. The summed E-state index contributed by atoms with van der Waals surface area (Å²) in [6, 6.07) is 9.35. The van der Waals surface area contributed by atoms with Crippen LogP contribution in [0.2, 0.25) is 0 Å². The SMILES string of the molecule is CCCCn1c(N)c(N(Cc2ccccc2)C(=O)CN2CCCC(CCC(N)=O)C2)c(=O)[nH]c1=O. The predicted octanol–water partition coefficient (Wildman–Crippen LogP) is 1.43. The number of hydrogen-bond donors (Lipinski definition) is 3. The zero-order valence-electron chi connectivity index (χ0n) is 20.4. The van der Waals surface area contributed by atoms with E-state index in [1.165, 1.54) is 9.47 Å². The lowest BCUT2D eigenvalue weighted by molar-refractivity contribution is -0.121. The number of likely N-dealkylation sites (tertiary alicyclic amines) is 1. The number of benzene rings is 1. The van der Waals surface area contributed by atoms with E-state index < -0.39 is 11.2 Å². The molecule has 5 N–H and O–H groups in total. The predicted molar refractivity (Wildman–Crippen MR) is 136 cm³/mol. The van der Waals surface area contributed by atoms with Crippen LogP contribution in [0, 0.1) is 5.92 Å². The summed E-state index contributed by atoms with van der Waals surface area (Å²) in [6.07, 6.45) is 4.49. The number of rotatable bonds is 11. The van der Waals surface area contributed by atoms with Crippen molar-refractivity contribution in [3.8, 4) is 0 Å². The van der Waals surface area contributed by atoms with Crippen LogP contribution in [0.25, 0.3) is 0 Å². The molecule has 2 heterocycles. The Balaban J connectivity index is 1.89. The van der Waals surface area contributed by atoms with E-state index in [1.807, 2.05) is 42.2 Å². The summed E-state index contributed by atoms with van der Waals surface area (Å²) < 4.78 is 1.33. The molecule has 1 fully saturated rings. The van der Waals surface area contributed by atoms with Gasteiger partial charge in [0.25, 0.3) is 5.56 Å². The Bertz CT molecular complexity index is 1130. The Labute approximate surface area is 204 Å². The average molecular weight is 485 g/mol. The highest BCUT2D eigenvalue weighted by atomic mass is 16.2. The van der Waals surface area contributed by atoms with Crippen molar-refractivity contribution in [3.05, 3.63) is 56.7 Å². The number of nitrogens with one attached hydrogen (secondary N) is 1. The highest BCUT2D eigenvalue weighted by molar-refractivity contribution is 5.96. The summed E-state index contributed by atoms with van der Waals surface area (Å²) in [4.78, 5) is 55.9. The van der Waals surface area contributed by atoms with Crippen LogP contribution >= 0.6 is 0 Å². The summed E-state index contributed by atoms with van der Waals surface area (Å²) in [5.41, 5.74) is 11.2. The fourth-order valence-corrected chi connectivity index (χ4v) is 4.59. The number of nitrogen functional groups attached to an aromatic ring is 1. The van der Waals surface area contributed by atoms with Gasteiger partial charge in [-0.05, 0) is 43.7 Å². The molecule has 0 bridgehead atoms. The first kappa shape index (κ1) is 26.2. The third kappa shape index (κ3) is 7.05. The number of piperidine rings is 1. The van der Waals surface area contributed by atoms with Crippen LogP contribution < -0.4 is 27.6 Å². The monoisotopic (exact) mass is 484 g/mol. The van der Waals surface area contributed by atoms with Crippen LogP contribution in [0.1, 0.15) is 51.0 Å². The van der Waals surface area contributed by atoms with Crippen LogP contribution in [0.4, 0.5) is 11.5 Å². The summed E-state index contributed by atoms with van der Waals surface area (Å²) in [5.74, 6) is -0.312. The molecule has 0 aliphatic carbocycles. The van der Waals surface area contributed by atoms with Crippen molar-refractivity contribution in [1.82, 2.24) is 14.5 Å². The highest BCUT2D eigenvalue weighted by Crippen LogP contribution is 2.23. The smallest absolute Gasteiger partial charge is 0.330 e. The average Bonchev–Trinajstić information content (AvgIpc) is 2.82. The van der Waals surface area contributed by atoms with E-state index in [2.05, 4.69) is 4.98 Å². The number of aromatic amines is 1. The second-order valence-corrected chi connectivity index (χ2v) is 9.21. The van der Waals surface area contributed by atoms with Crippen LogP contribution in [-0.2, 0) is 22.7 Å². The van der Waals surface area contributed by atoms with Gasteiger partial charge in [-0.15, -0.1) is 0 Å². The number of carbonyl (C=O) groups is 2. The molecule has 0 saturated carbocycles. The normalized spacial score (nSPS) is 16.2. The van der Waals surface area contributed by atoms with E-state index >= 15 is 0 Å². The van der Waals surface area contributed by atoms with Crippen LogP contribution in [0.15, 0.2) is 39.9 Å². The van der Waals surface area contributed by atoms with Gasteiger partial charge in [-0.1, -0.05) is 43.7 Å². The fourth-order valence-electron chi connectivity index (χ4n) is 4.59. The number of amides is 2. The van der Waals surface area contributed by atoms with Crippen molar-refractivity contribution in [2.75, 3.05) is 30.3 Å². The number of carbonyl (C=O) groups excluding carboxylic acids is 2. The molecular weight excluding hydrogens is 448 g/mol. The molecule has 0 spiro atoms. The zero-order chi connectivity index (χ0) is 25.4. The highest BCUT2D eigenvalue weighted by Gasteiger charge is 2.28. The fraction of sp³-hybridized carbons (Fsp3) is 0.520. The van der Waals surface area contributed by atoms with Crippen LogP contribution in [0.3, 0.4) is 0 Å². The molecule has 2 aromatic rings. The molecule has 0 radical (unpaired) electrons. The first-order valence-electron chi connectivity index (χ1n) is 12.3. The number of hydrogen-bond acceptors (Lipinski definition) is 6. The maximum absolute atomic E-state index is 13.6. The standard InChI is InChI=1S/C25H36N6O4/c1-2-3-14-30-23(27)22(24(34)28-25(30)35)31(16-18-8-5-4-6-9-18)21(33)17-29-13-7-10-19(15-29)11-12-20(26)32/h4-6,8-9,19H,2-3,7,10-17,27H2,1H3,(H2,26,32)(H,28,34,35). The molecule has 1 aromatic heterocycles. The summed E-state index contributed by atoms with van der Waals surface area (Å²) in [7, 11) is 0. The Morgan fingerprint density at radius 1 is 1.20 bits per heavy atom. The van der Waals surface area contributed by atoms with Gasteiger partial charge >= 0.3 is 5.69 Å². The number of aromatic nitrogens is 2. The third-order valence-electron chi connectivity index (χ3n) is 6.46. The van der Waals surface area contributed by atoms with Gasteiger partial charge in [0.15, 0.2) is 5.69 Å². The van der Waals surface area contributed by atoms with Crippen LogP contribution in [-0.4, -0.2) is 45.9 Å². The second kappa shape index (κ2) is 12.3. The van der Waals surface area contributed by atoms with Gasteiger partial charge < -0.3 is 11.5 Å². The molecule has 1 saturated heterocycles. The molecule has 1 unspecified atom stereocenters. The molecule has 35 heavy (non-hydrogen) atoms. The Kier molecular flexibility index (Phi) is 9.25. The van der Waals surface area contributed by atoms with Crippen LogP contribution in [0.5, 0.6) is 0 Å². The lowest BCUT2D eigenvalue weighted by Gasteiger charge is -2.34. The zero-order valence-corrected chi connectivity index (χ0v) is 20.4. The molecule has 190 valence electrons. The van der Waals surface area contributed by atoms with E-state index in [-0.39, 0.29) is 42.3 Å². The minimum Gasteiger partial charge on any atom is -0.383 e. The van der Waals surface area contributed by atoms with Crippen molar-refractivity contribution in [1.29, 1.82) is 0 Å². The first-order valence-corrected chi connectivity index (χ1v) is 12.3. The molecule has 2 amide bonds. The summed E-state index contributed by atoms with van der Waals surface area (Å²) >= 11 is 0. The number of primary amides is 1. The van der Waals surface area contributed by atoms with E-state index in [0.29, 0.717) is 32.4 Å². The molecule has 3 rings (SSSR count). The number of nitrogens with zero attached hydrogens (tertiary/aromatic N) is 3. The van der Waals surface area contributed by atoms with Gasteiger partial charge in [-0.2, -0.15) is 0 Å². The number of unbranched alkanes of at least 4 members (excludes halogenated alkanes) is 1. The molecular formula is C25H36N6O4. The number of nitrogens with two attached hydrogens (primary N) is 2. The van der Waals surface area contributed by atoms with Gasteiger partial charge in [0.05, 0.1) is 13.1 Å². The second-order valence-electron chi connectivity index (χ2n) is 9.21. The topological polar surface area (TPSA) is 148 Å². The maximum Gasteiger partial charge on any atom is 0.330 e. The van der Waals surface area contributed by atoms with Gasteiger partial charge in [0.1, 0.15) is 5.82 Å². The maximum atomic E-state index is 13.6. The summed E-state index contributed by atoms with van der Waals surface area (Å²) in [6.45, 7) is 4.03. The summed E-state index contributed by atoms with van der Waals surface area (Å²) in [5, 5.41) is 0. The Morgan fingerprint density at radius 3 is 2.63 bits per heavy atom. The third-order valence-corrected chi connectivity index (χ3v) is 6.46. The van der Waals surface area contributed by atoms with Crippen molar-refractivity contribution in [2.24, 2.45) is 11.7 Å². The number of anilines is 2. The minimum absolute atomic E-state index is 0.00292. The molecule has 10 nitrogen and oxygen atoms in total. The minimum atomic E-state index is -0.678. The quantitative estimate of drug-likeness (QED) is 0.439. The molecule has 1 atom stereocenters. The lowest BCUT2D eigenvalue weighted by Crippen LogP contribution is -2.47. The first-order chi connectivity index (χ1) is 16.8. The van der Waals surface area contributed by atoms with Gasteiger partial charge in [-0.25, -0.2) is 4.79 Å².